The van der Waals surface area contributed by atoms with E-state index in [-0.39, 0.29) is 11.7 Å². The molecule has 2 aromatic carbocycles. The van der Waals surface area contributed by atoms with Gasteiger partial charge in [-0.2, -0.15) is 0 Å². The van der Waals surface area contributed by atoms with E-state index >= 15 is 0 Å². The molecule has 33 heavy (non-hydrogen) atoms. The molecule has 1 heterocycles. The number of aryl methyl sites for hydroxylation is 2. The van der Waals surface area contributed by atoms with Gasteiger partial charge in [-0.15, -0.1) is 0 Å². The van der Waals surface area contributed by atoms with Crippen molar-refractivity contribution in [3.05, 3.63) is 58.5 Å². The highest BCUT2D eigenvalue weighted by molar-refractivity contribution is 7.94. The van der Waals surface area contributed by atoms with Crippen molar-refractivity contribution in [1.82, 2.24) is 0 Å². The van der Waals surface area contributed by atoms with Gasteiger partial charge >= 0.3 is 0 Å². The number of ether oxygens (including phenoxy) is 3. The van der Waals surface area contributed by atoms with Crippen LogP contribution >= 0.6 is 0 Å². The molecule has 0 aromatic heterocycles. The van der Waals surface area contributed by atoms with Gasteiger partial charge in [0.1, 0.15) is 0 Å². The van der Waals surface area contributed by atoms with Crippen molar-refractivity contribution in [2.75, 3.05) is 30.5 Å². The molecule has 0 aliphatic carbocycles. The number of carbonyl (C=O) groups is 1. The number of hydrogen-bond acceptors (Lipinski definition) is 6. The smallest absolute Gasteiger partial charge is 0.259 e. The van der Waals surface area contributed by atoms with E-state index in [9.17, 15) is 13.2 Å². The zero-order valence-corrected chi connectivity index (χ0v) is 20.6. The summed E-state index contributed by atoms with van der Waals surface area (Å²) >= 11 is 0. The lowest BCUT2D eigenvalue weighted by Gasteiger charge is -2.29. The maximum Gasteiger partial charge on any atom is 0.259 e. The van der Waals surface area contributed by atoms with E-state index in [0.29, 0.717) is 48.3 Å². The maximum absolute atomic E-state index is 13.9. The van der Waals surface area contributed by atoms with Crippen LogP contribution in [0, 0.1) is 13.8 Å². The van der Waals surface area contributed by atoms with Gasteiger partial charge in [0.25, 0.3) is 5.91 Å². The number of sulfone groups is 1. The lowest BCUT2D eigenvalue weighted by Crippen LogP contribution is -2.41. The van der Waals surface area contributed by atoms with Crippen molar-refractivity contribution in [3.8, 4) is 17.2 Å². The second-order valence-electron chi connectivity index (χ2n) is 7.85. The van der Waals surface area contributed by atoms with Crippen LogP contribution in [-0.2, 0) is 9.84 Å². The molecule has 0 radical (unpaired) electrons. The van der Waals surface area contributed by atoms with Crippen LogP contribution in [0.5, 0.6) is 17.2 Å². The molecule has 0 N–H and O–H groups in total. The zero-order valence-electron chi connectivity index (χ0n) is 19.8. The standard InChI is InChI=1S/C25H31NO6S/c1-6-30-22-14-19(15-23(31-7-2)24(22)32-8-3)25(27)26(20-9-10-33(28,29)16-20)21-12-17(4)11-18(5)13-21/h9-15,20H,6-8,16H2,1-5H3/t20-/m1/s1. The average Bonchev–Trinajstić information content (AvgIpc) is 3.09. The van der Waals surface area contributed by atoms with Gasteiger partial charge in [-0.3, -0.25) is 4.79 Å². The molecule has 1 amide bonds. The van der Waals surface area contributed by atoms with E-state index in [1.165, 1.54) is 10.3 Å². The molecule has 0 saturated heterocycles. The number of anilines is 1. The summed E-state index contributed by atoms with van der Waals surface area (Å²) in [6, 6.07) is 8.40. The van der Waals surface area contributed by atoms with Crippen LogP contribution in [0.25, 0.3) is 0 Å². The predicted molar refractivity (Wildman–Crippen MR) is 129 cm³/mol. The lowest BCUT2D eigenvalue weighted by molar-refractivity contribution is 0.0982. The molecular weight excluding hydrogens is 442 g/mol. The Morgan fingerprint density at radius 2 is 1.45 bits per heavy atom. The van der Waals surface area contributed by atoms with Crippen LogP contribution in [0.2, 0.25) is 0 Å². The van der Waals surface area contributed by atoms with Gasteiger partial charge in [0.05, 0.1) is 31.6 Å². The zero-order chi connectivity index (χ0) is 24.2. The van der Waals surface area contributed by atoms with E-state index in [2.05, 4.69) is 0 Å². The fraction of sp³-hybridized carbons (Fsp3) is 0.400. The van der Waals surface area contributed by atoms with Crippen LogP contribution in [0.1, 0.15) is 42.3 Å². The van der Waals surface area contributed by atoms with Crippen molar-refractivity contribution < 1.29 is 27.4 Å². The van der Waals surface area contributed by atoms with E-state index in [1.807, 2.05) is 52.8 Å². The van der Waals surface area contributed by atoms with Crippen molar-refractivity contribution >= 4 is 21.4 Å². The third kappa shape index (κ3) is 5.68. The molecule has 1 atom stereocenters. The normalized spacial score (nSPS) is 16.5. The largest absolute Gasteiger partial charge is 0.490 e. The average molecular weight is 474 g/mol. The van der Waals surface area contributed by atoms with Crippen molar-refractivity contribution in [3.63, 3.8) is 0 Å². The first-order chi connectivity index (χ1) is 15.7. The van der Waals surface area contributed by atoms with E-state index in [0.717, 1.165) is 11.1 Å². The van der Waals surface area contributed by atoms with Crippen LogP contribution in [0.4, 0.5) is 5.69 Å². The van der Waals surface area contributed by atoms with Crippen molar-refractivity contribution in [2.24, 2.45) is 0 Å². The minimum Gasteiger partial charge on any atom is -0.490 e. The summed E-state index contributed by atoms with van der Waals surface area (Å²) in [7, 11) is -3.38. The minimum absolute atomic E-state index is 0.167. The summed E-state index contributed by atoms with van der Waals surface area (Å²) in [6.07, 6.45) is 1.56. The fourth-order valence-corrected chi connectivity index (χ4v) is 5.19. The Bertz CT molecular complexity index is 1110. The Morgan fingerprint density at radius 1 is 0.909 bits per heavy atom. The first kappa shape index (κ1) is 24.6. The Balaban J connectivity index is 2.15. The summed E-state index contributed by atoms with van der Waals surface area (Å²) < 4.78 is 41.6. The molecule has 7 nitrogen and oxygen atoms in total. The first-order valence-corrected chi connectivity index (χ1v) is 12.8. The number of rotatable bonds is 9. The highest BCUT2D eigenvalue weighted by Crippen LogP contribution is 2.40. The summed E-state index contributed by atoms with van der Waals surface area (Å²) in [5.41, 5.74) is 2.91. The van der Waals surface area contributed by atoms with E-state index in [1.54, 1.807) is 18.2 Å². The van der Waals surface area contributed by atoms with Crippen LogP contribution in [0.3, 0.4) is 0 Å². The Hall–Kier alpha value is -3.00. The first-order valence-electron chi connectivity index (χ1n) is 11.1. The fourth-order valence-electron chi connectivity index (χ4n) is 3.92. The van der Waals surface area contributed by atoms with Crippen molar-refractivity contribution in [2.45, 2.75) is 40.7 Å². The number of benzene rings is 2. The number of hydrogen-bond donors (Lipinski definition) is 0. The topological polar surface area (TPSA) is 82.1 Å². The summed E-state index contributed by atoms with van der Waals surface area (Å²) in [5, 5.41) is 1.18. The quantitative estimate of drug-likeness (QED) is 0.535. The van der Waals surface area contributed by atoms with Gasteiger partial charge in [-0.05, 0) is 76.1 Å². The van der Waals surface area contributed by atoms with Gasteiger partial charge in [-0.1, -0.05) is 6.07 Å². The molecule has 3 rings (SSSR count). The Kier molecular flexibility index (Phi) is 7.68. The molecule has 0 fully saturated rings. The summed E-state index contributed by atoms with van der Waals surface area (Å²) in [6.45, 7) is 10.6. The van der Waals surface area contributed by atoms with E-state index < -0.39 is 15.9 Å². The highest BCUT2D eigenvalue weighted by Gasteiger charge is 2.33. The van der Waals surface area contributed by atoms with Gasteiger partial charge in [0.2, 0.25) is 5.75 Å². The molecule has 1 aliphatic rings. The summed E-state index contributed by atoms with van der Waals surface area (Å²) in [4.78, 5) is 15.4. The molecule has 0 spiro atoms. The lowest BCUT2D eigenvalue weighted by atomic mass is 10.1. The second-order valence-corrected chi connectivity index (χ2v) is 9.78. The second kappa shape index (κ2) is 10.3. The van der Waals surface area contributed by atoms with Crippen LogP contribution < -0.4 is 19.1 Å². The number of nitrogens with zero attached hydrogens (tertiary/aromatic N) is 1. The number of carbonyl (C=O) groups excluding carboxylic acids is 1. The maximum atomic E-state index is 13.9. The van der Waals surface area contributed by atoms with Crippen LogP contribution in [0.15, 0.2) is 41.8 Å². The third-order valence-corrected chi connectivity index (χ3v) is 6.48. The SMILES string of the molecule is CCOc1cc(C(=O)N(c2cc(C)cc(C)c2)[C@@H]2C=CS(=O)(=O)C2)cc(OCC)c1OCC. The van der Waals surface area contributed by atoms with E-state index in [4.69, 9.17) is 14.2 Å². The Morgan fingerprint density at radius 3 is 1.91 bits per heavy atom. The van der Waals surface area contributed by atoms with Gasteiger partial charge in [0, 0.05) is 16.7 Å². The minimum atomic E-state index is -3.38. The molecule has 0 bridgehead atoms. The number of amides is 1. The molecule has 2 aromatic rings. The molecule has 8 heteroatoms. The molecular formula is C25H31NO6S. The van der Waals surface area contributed by atoms with Gasteiger partial charge in [0.15, 0.2) is 21.3 Å². The monoisotopic (exact) mass is 473 g/mol. The summed E-state index contributed by atoms with van der Waals surface area (Å²) in [5.74, 6) is 0.738. The highest BCUT2D eigenvalue weighted by atomic mass is 32.2. The molecule has 178 valence electrons. The third-order valence-electron chi connectivity index (χ3n) is 5.10. The molecule has 1 aliphatic heterocycles. The molecule has 0 saturated carbocycles. The Labute approximate surface area is 195 Å². The van der Waals surface area contributed by atoms with Gasteiger partial charge in [-0.25, -0.2) is 8.42 Å². The van der Waals surface area contributed by atoms with Gasteiger partial charge < -0.3 is 19.1 Å². The predicted octanol–water partition coefficient (Wildman–Crippen LogP) is 4.46. The van der Waals surface area contributed by atoms with Crippen LogP contribution in [-0.4, -0.2) is 45.9 Å². The molecule has 0 unspecified atom stereocenters. The van der Waals surface area contributed by atoms with Crippen molar-refractivity contribution in [1.29, 1.82) is 0 Å².